The van der Waals surface area contributed by atoms with Crippen LogP contribution < -0.4 is 10.1 Å². The van der Waals surface area contributed by atoms with Crippen molar-refractivity contribution in [2.45, 2.75) is 30.4 Å². The van der Waals surface area contributed by atoms with E-state index in [2.05, 4.69) is 5.32 Å². The second kappa shape index (κ2) is 9.31. The highest BCUT2D eigenvalue weighted by molar-refractivity contribution is 7.98. The number of amides is 1. The van der Waals surface area contributed by atoms with Crippen LogP contribution in [0.15, 0.2) is 47.4 Å². The molecule has 1 aliphatic rings. The number of nitrogens with one attached hydrogen (secondary N) is 1. The average molecular weight is 392 g/mol. The highest BCUT2D eigenvalue weighted by Gasteiger charge is 2.16. The lowest BCUT2D eigenvalue weighted by Gasteiger charge is -2.12. The van der Waals surface area contributed by atoms with E-state index in [1.165, 1.54) is 0 Å². The van der Waals surface area contributed by atoms with Gasteiger partial charge in [-0.3, -0.25) is 4.79 Å². The van der Waals surface area contributed by atoms with Crippen LogP contribution in [0.5, 0.6) is 5.75 Å². The highest BCUT2D eigenvalue weighted by Crippen LogP contribution is 2.23. The van der Waals surface area contributed by atoms with Crippen molar-refractivity contribution >= 4 is 29.3 Å². The fourth-order valence-corrected chi connectivity index (χ4v) is 3.39. The van der Waals surface area contributed by atoms with E-state index >= 15 is 0 Å². The summed E-state index contributed by atoms with van der Waals surface area (Å²) in [5.74, 6) is 0.635. The van der Waals surface area contributed by atoms with Crippen LogP contribution in [0.25, 0.3) is 0 Å². The predicted molar refractivity (Wildman–Crippen MR) is 105 cm³/mol. The molecular formula is C20H22ClNO3S. The summed E-state index contributed by atoms with van der Waals surface area (Å²) in [6.45, 7) is 1.85. The number of carbonyl (C=O) groups excluding carboxylic acids is 1. The Morgan fingerprint density at radius 2 is 2.12 bits per heavy atom. The van der Waals surface area contributed by atoms with Gasteiger partial charge in [0, 0.05) is 18.0 Å². The van der Waals surface area contributed by atoms with Gasteiger partial charge < -0.3 is 14.8 Å². The first-order valence-electron chi connectivity index (χ1n) is 8.61. The number of benzene rings is 2. The molecule has 0 unspecified atom stereocenters. The van der Waals surface area contributed by atoms with Crippen molar-refractivity contribution < 1.29 is 14.3 Å². The van der Waals surface area contributed by atoms with Crippen molar-refractivity contribution in [3.63, 3.8) is 0 Å². The van der Waals surface area contributed by atoms with Crippen LogP contribution in [-0.2, 0) is 11.3 Å². The maximum atomic E-state index is 12.4. The Kier molecular flexibility index (Phi) is 6.83. The first-order valence-corrected chi connectivity index (χ1v) is 10.2. The Bertz CT molecular complexity index is 745. The molecule has 2 aromatic rings. The minimum Gasteiger partial charge on any atom is -0.491 e. The predicted octanol–water partition coefficient (Wildman–Crippen LogP) is 4.55. The van der Waals surface area contributed by atoms with Crippen LogP contribution in [0, 0.1) is 0 Å². The van der Waals surface area contributed by atoms with Crippen molar-refractivity contribution in [1.82, 2.24) is 5.32 Å². The zero-order chi connectivity index (χ0) is 18.4. The molecule has 0 aliphatic carbocycles. The molecule has 0 radical (unpaired) electrons. The maximum Gasteiger partial charge on any atom is 0.253 e. The summed E-state index contributed by atoms with van der Waals surface area (Å²) in [5.41, 5.74) is 1.50. The lowest BCUT2D eigenvalue weighted by molar-refractivity contribution is 0.0679. The third-order valence-electron chi connectivity index (χ3n) is 4.25. The van der Waals surface area contributed by atoms with Crippen LogP contribution >= 0.6 is 23.4 Å². The summed E-state index contributed by atoms with van der Waals surface area (Å²) in [6, 6.07) is 13.2. The number of rotatable bonds is 7. The number of hydrogen-bond acceptors (Lipinski definition) is 4. The van der Waals surface area contributed by atoms with Gasteiger partial charge in [0.15, 0.2) is 0 Å². The fraction of sp³-hybridized carbons (Fsp3) is 0.350. The van der Waals surface area contributed by atoms with Gasteiger partial charge in [0.25, 0.3) is 5.91 Å². The summed E-state index contributed by atoms with van der Waals surface area (Å²) in [6.07, 6.45) is 4.34. The van der Waals surface area contributed by atoms with E-state index in [9.17, 15) is 4.79 Å². The summed E-state index contributed by atoms with van der Waals surface area (Å²) in [5, 5.41) is 3.37. The summed E-state index contributed by atoms with van der Waals surface area (Å²) < 4.78 is 11.3. The van der Waals surface area contributed by atoms with Crippen LogP contribution in [0.4, 0.5) is 0 Å². The van der Waals surface area contributed by atoms with Crippen LogP contribution in [0.2, 0.25) is 5.02 Å². The molecule has 138 valence electrons. The van der Waals surface area contributed by atoms with Crippen molar-refractivity contribution in [1.29, 1.82) is 0 Å². The van der Waals surface area contributed by atoms with Gasteiger partial charge in [0.1, 0.15) is 12.4 Å². The largest absolute Gasteiger partial charge is 0.491 e. The Morgan fingerprint density at radius 1 is 1.31 bits per heavy atom. The molecule has 1 fully saturated rings. The van der Waals surface area contributed by atoms with Crippen LogP contribution in [-0.4, -0.2) is 31.5 Å². The Labute approximate surface area is 163 Å². The highest BCUT2D eigenvalue weighted by atomic mass is 35.5. The molecule has 6 heteroatoms. The smallest absolute Gasteiger partial charge is 0.253 e. The number of carbonyl (C=O) groups is 1. The number of thioether (sulfide) groups is 1. The zero-order valence-electron chi connectivity index (χ0n) is 14.7. The first kappa shape index (κ1) is 19.1. The van der Waals surface area contributed by atoms with Crippen LogP contribution in [0.1, 0.15) is 28.8 Å². The minimum absolute atomic E-state index is 0.176. The third-order valence-corrected chi connectivity index (χ3v) is 5.31. The van der Waals surface area contributed by atoms with E-state index in [1.54, 1.807) is 17.8 Å². The molecule has 1 atom stereocenters. The maximum absolute atomic E-state index is 12.4. The van der Waals surface area contributed by atoms with Gasteiger partial charge in [-0.05, 0) is 55.0 Å². The van der Waals surface area contributed by atoms with E-state index in [1.807, 2.05) is 42.7 Å². The summed E-state index contributed by atoms with van der Waals surface area (Å²) >= 11 is 7.72. The second-order valence-electron chi connectivity index (χ2n) is 6.12. The quantitative estimate of drug-likeness (QED) is 0.703. The van der Waals surface area contributed by atoms with Crippen LogP contribution in [0.3, 0.4) is 0 Å². The molecule has 0 aromatic heterocycles. The molecule has 3 rings (SSSR count). The molecule has 1 heterocycles. The van der Waals surface area contributed by atoms with Crippen molar-refractivity contribution in [3.8, 4) is 5.75 Å². The molecule has 1 aliphatic heterocycles. The molecule has 0 saturated carbocycles. The lowest BCUT2D eigenvalue weighted by atomic mass is 10.2. The van der Waals surface area contributed by atoms with E-state index < -0.39 is 0 Å². The van der Waals surface area contributed by atoms with E-state index in [-0.39, 0.29) is 12.0 Å². The monoisotopic (exact) mass is 391 g/mol. The first-order chi connectivity index (χ1) is 12.7. The summed E-state index contributed by atoms with van der Waals surface area (Å²) in [4.78, 5) is 13.4. The third kappa shape index (κ3) is 5.16. The van der Waals surface area contributed by atoms with Gasteiger partial charge in [-0.25, -0.2) is 0 Å². The fourth-order valence-electron chi connectivity index (χ4n) is 2.75. The van der Waals surface area contributed by atoms with Gasteiger partial charge in [0.05, 0.1) is 16.7 Å². The zero-order valence-corrected chi connectivity index (χ0v) is 16.2. The van der Waals surface area contributed by atoms with Gasteiger partial charge in [0.2, 0.25) is 0 Å². The Hall–Kier alpha value is -1.69. The molecule has 1 saturated heterocycles. The molecule has 2 aromatic carbocycles. The topological polar surface area (TPSA) is 47.6 Å². The summed E-state index contributed by atoms with van der Waals surface area (Å²) in [7, 11) is 0. The molecule has 1 amide bonds. The average Bonchev–Trinajstić information content (AvgIpc) is 3.19. The van der Waals surface area contributed by atoms with Gasteiger partial charge >= 0.3 is 0 Å². The van der Waals surface area contributed by atoms with Gasteiger partial charge in [-0.15, -0.1) is 11.8 Å². The van der Waals surface area contributed by atoms with Crippen molar-refractivity contribution in [2.75, 3.05) is 19.5 Å². The van der Waals surface area contributed by atoms with E-state index in [0.717, 1.165) is 35.7 Å². The molecule has 0 spiro atoms. The molecule has 0 bridgehead atoms. The van der Waals surface area contributed by atoms with E-state index in [4.69, 9.17) is 21.1 Å². The minimum atomic E-state index is -0.176. The Balaban J connectivity index is 1.52. The molecule has 4 nitrogen and oxygen atoms in total. The second-order valence-corrected chi connectivity index (χ2v) is 7.41. The lowest BCUT2D eigenvalue weighted by Crippen LogP contribution is -2.23. The van der Waals surface area contributed by atoms with Gasteiger partial charge in [-0.2, -0.15) is 0 Å². The normalized spacial score (nSPS) is 16.5. The standard InChI is InChI=1S/C20H22ClNO3S/c1-26-17-8-9-19(21)18(11-17)20(23)22-12-14-4-6-15(7-5-14)25-13-16-3-2-10-24-16/h4-9,11,16H,2-3,10,12-13H2,1H3,(H,22,23)/t16-/m0/s1. The SMILES string of the molecule is CSc1ccc(Cl)c(C(=O)NCc2ccc(OC[C@@H]3CCCO3)cc2)c1. The van der Waals surface area contributed by atoms with Gasteiger partial charge in [-0.1, -0.05) is 23.7 Å². The van der Waals surface area contributed by atoms with E-state index in [0.29, 0.717) is 23.7 Å². The molecule has 1 N–H and O–H groups in total. The number of ether oxygens (including phenoxy) is 2. The van der Waals surface area contributed by atoms with Crippen molar-refractivity contribution in [3.05, 3.63) is 58.6 Å². The van der Waals surface area contributed by atoms with Crippen molar-refractivity contribution in [2.24, 2.45) is 0 Å². The Morgan fingerprint density at radius 3 is 2.81 bits per heavy atom. The molecular weight excluding hydrogens is 370 g/mol. The molecule has 26 heavy (non-hydrogen) atoms. The number of hydrogen-bond donors (Lipinski definition) is 1. The number of halogens is 1.